The van der Waals surface area contributed by atoms with Gasteiger partial charge in [-0.25, -0.2) is 9.37 Å². The van der Waals surface area contributed by atoms with Gasteiger partial charge in [0.25, 0.3) is 0 Å². The van der Waals surface area contributed by atoms with Gasteiger partial charge >= 0.3 is 6.18 Å². The number of piperazine rings is 1. The number of alkyl halides is 3. The number of carbonyl (C=O) groups excluding carboxylic acids is 1. The van der Waals surface area contributed by atoms with Crippen LogP contribution in [-0.2, 0) is 23.9 Å². The van der Waals surface area contributed by atoms with Gasteiger partial charge in [0.05, 0.1) is 42.1 Å². The topological polar surface area (TPSA) is 99.7 Å². The Morgan fingerprint density at radius 1 is 1.15 bits per heavy atom. The van der Waals surface area contributed by atoms with Crippen molar-refractivity contribution < 1.29 is 27.1 Å². The van der Waals surface area contributed by atoms with E-state index in [9.17, 15) is 32.9 Å². The molecule has 1 aromatic heterocycles. The molecule has 46 heavy (non-hydrogen) atoms. The van der Waals surface area contributed by atoms with Crippen LogP contribution in [0.4, 0.5) is 28.9 Å². The van der Waals surface area contributed by atoms with Gasteiger partial charge in [-0.3, -0.25) is 4.79 Å². The molecule has 5 rings (SSSR count). The van der Waals surface area contributed by atoms with Gasteiger partial charge in [0.15, 0.2) is 0 Å². The van der Waals surface area contributed by atoms with Gasteiger partial charge in [-0.05, 0) is 51.1 Å². The van der Waals surface area contributed by atoms with Crippen molar-refractivity contribution in [3.63, 3.8) is 0 Å². The monoisotopic (exact) mass is 679 g/mol. The maximum atomic E-state index is 14.5. The molecule has 1 amide bonds. The molecule has 0 bridgehead atoms. The standard InChI is InChI=1S/C31H33F4N7O2.2H2S/c1-3-27(43)42-15-14-41(17-20(42)9-11-36)29-22-10-13-40(26-8-4-7-24(32)28(26)31(33,34)35)18-25(22)38-30(23(29)16-37)44-19-21-6-5-12-39(21)2;;/h3-4,7-8,20-21H,1,5-6,9-10,12-15,17-19H2,2H3;2*1H2/t20-,21-;;/m0../s1. The minimum atomic E-state index is -4.90. The molecule has 0 aliphatic carbocycles. The Kier molecular flexibility index (Phi) is 12.2. The summed E-state index contributed by atoms with van der Waals surface area (Å²) in [7, 11) is 1.99. The van der Waals surface area contributed by atoms with Crippen molar-refractivity contribution in [2.24, 2.45) is 0 Å². The summed E-state index contributed by atoms with van der Waals surface area (Å²) >= 11 is 0. The first kappa shape index (κ1) is 36.8. The molecule has 2 atom stereocenters. The van der Waals surface area contributed by atoms with Gasteiger partial charge in [0.2, 0.25) is 11.8 Å². The Bertz CT molecular complexity index is 1530. The number of likely N-dealkylation sites (N-methyl/N-ethyl adjacent to an activating group) is 1. The third kappa shape index (κ3) is 7.32. The van der Waals surface area contributed by atoms with Crippen molar-refractivity contribution in [3.05, 3.63) is 59.1 Å². The summed E-state index contributed by atoms with van der Waals surface area (Å²) in [5.41, 5.74) is 0.262. The van der Waals surface area contributed by atoms with Crippen LogP contribution >= 0.6 is 27.0 Å². The Morgan fingerprint density at radius 3 is 2.54 bits per heavy atom. The van der Waals surface area contributed by atoms with E-state index in [1.807, 2.05) is 11.9 Å². The van der Waals surface area contributed by atoms with E-state index >= 15 is 0 Å². The predicted octanol–water partition coefficient (Wildman–Crippen LogP) is 4.49. The number of pyridine rings is 1. The summed E-state index contributed by atoms with van der Waals surface area (Å²) < 4.78 is 62.4. The number of anilines is 2. The van der Waals surface area contributed by atoms with Crippen molar-refractivity contribution in [3.8, 4) is 18.0 Å². The maximum Gasteiger partial charge on any atom is 0.421 e. The van der Waals surface area contributed by atoms with E-state index < -0.39 is 23.6 Å². The molecule has 3 aliphatic rings. The number of nitrogens with zero attached hydrogens (tertiary/aromatic N) is 7. The molecule has 2 fully saturated rings. The maximum absolute atomic E-state index is 14.5. The Morgan fingerprint density at radius 2 is 1.91 bits per heavy atom. The smallest absolute Gasteiger partial charge is 0.421 e. The quantitative estimate of drug-likeness (QED) is 0.312. The number of halogens is 4. The molecule has 9 nitrogen and oxygen atoms in total. The average molecular weight is 680 g/mol. The van der Waals surface area contributed by atoms with Crippen LogP contribution in [0.3, 0.4) is 0 Å². The highest BCUT2D eigenvalue weighted by Crippen LogP contribution is 2.42. The van der Waals surface area contributed by atoms with E-state index in [0.717, 1.165) is 25.5 Å². The van der Waals surface area contributed by atoms with E-state index in [4.69, 9.17) is 9.72 Å². The van der Waals surface area contributed by atoms with Crippen LogP contribution in [0.2, 0.25) is 0 Å². The van der Waals surface area contributed by atoms with Gasteiger partial charge < -0.3 is 24.3 Å². The van der Waals surface area contributed by atoms with Crippen LogP contribution in [-0.4, -0.2) is 79.2 Å². The molecule has 0 unspecified atom stereocenters. The number of nitriles is 2. The van der Waals surface area contributed by atoms with E-state index in [0.29, 0.717) is 23.5 Å². The minimum absolute atomic E-state index is 0. The summed E-state index contributed by atoms with van der Waals surface area (Å²) in [5.74, 6) is -1.56. The van der Waals surface area contributed by atoms with Crippen LogP contribution in [0.1, 0.15) is 41.6 Å². The molecule has 248 valence electrons. The molecular formula is C31H37F4N7O2S2. The van der Waals surface area contributed by atoms with Crippen LogP contribution < -0.4 is 14.5 Å². The third-order valence-electron chi connectivity index (χ3n) is 8.69. The second kappa shape index (κ2) is 15.3. The molecule has 0 radical (unpaired) electrons. The van der Waals surface area contributed by atoms with E-state index in [2.05, 4.69) is 23.6 Å². The first-order valence-corrected chi connectivity index (χ1v) is 14.5. The Hall–Kier alpha value is -3.66. The van der Waals surface area contributed by atoms with Crippen LogP contribution in [0.25, 0.3) is 0 Å². The van der Waals surface area contributed by atoms with Crippen molar-refractivity contribution in [2.75, 3.05) is 56.2 Å². The fourth-order valence-corrected chi connectivity index (χ4v) is 6.46. The van der Waals surface area contributed by atoms with Gasteiger partial charge in [-0.15, -0.1) is 0 Å². The van der Waals surface area contributed by atoms with E-state index in [-0.39, 0.29) is 102 Å². The number of fused-ring (bicyclic) bond motifs is 1. The number of aromatic nitrogens is 1. The lowest BCUT2D eigenvalue weighted by molar-refractivity contribution is -0.139. The fraction of sp³-hybridized carbons (Fsp3) is 0.484. The van der Waals surface area contributed by atoms with Gasteiger partial charge in [0, 0.05) is 37.8 Å². The van der Waals surface area contributed by atoms with E-state index in [1.54, 1.807) is 4.90 Å². The largest absolute Gasteiger partial charge is 0.475 e. The molecule has 0 saturated carbocycles. The zero-order valence-electron chi connectivity index (χ0n) is 25.4. The average Bonchev–Trinajstić information content (AvgIpc) is 3.42. The predicted molar refractivity (Wildman–Crippen MR) is 175 cm³/mol. The highest BCUT2D eigenvalue weighted by Gasteiger charge is 2.40. The highest BCUT2D eigenvalue weighted by molar-refractivity contribution is 7.59. The number of amides is 1. The summed E-state index contributed by atoms with van der Waals surface area (Å²) in [6, 6.07) is 7.33. The van der Waals surface area contributed by atoms with Gasteiger partial charge in [-0.1, -0.05) is 12.6 Å². The first-order chi connectivity index (χ1) is 21.1. The summed E-state index contributed by atoms with van der Waals surface area (Å²) in [6.07, 6.45) is -1.46. The number of benzene rings is 1. The van der Waals surface area contributed by atoms with Crippen molar-refractivity contribution in [1.29, 1.82) is 10.5 Å². The summed E-state index contributed by atoms with van der Waals surface area (Å²) in [5, 5.41) is 19.9. The van der Waals surface area contributed by atoms with Crippen LogP contribution in [0, 0.1) is 28.5 Å². The normalized spacial score (nSPS) is 19.7. The Labute approximate surface area is 279 Å². The molecule has 2 aromatic rings. The molecule has 15 heteroatoms. The van der Waals surface area contributed by atoms with Crippen molar-refractivity contribution >= 4 is 44.3 Å². The lowest BCUT2D eigenvalue weighted by Crippen LogP contribution is -2.55. The van der Waals surface area contributed by atoms with Gasteiger partial charge in [-0.2, -0.15) is 50.7 Å². The molecule has 0 spiro atoms. The Balaban J connectivity index is 0.00000288. The zero-order valence-corrected chi connectivity index (χ0v) is 27.4. The SMILES string of the molecule is C=CC(=O)N1CCN(c2c(C#N)c(OC[C@@H]3CCCN3C)nc3c2CCN(c2cccc(F)c2C(F)(F)F)C3)C[C@@H]1CC#N.S.S. The molecule has 1 aromatic carbocycles. The third-order valence-corrected chi connectivity index (χ3v) is 8.69. The van der Waals surface area contributed by atoms with Crippen LogP contribution in [0.5, 0.6) is 5.88 Å². The van der Waals surface area contributed by atoms with Crippen molar-refractivity contribution in [1.82, 2.24) is 14.8 Å². The summed E-state index contributed by atoms with van der Waals surface area (Å²) in [4.78, 5) is 24.4. The van der Waals surface area contributed by atoms with Crippen LogP contribution in [0.15, 0.2) is 30.9 Å². The lowest BCUT2D eigenvalue weighted by Gasteiger charge is -2.43. The number of likely N-dealkylation sites (tertiary alicyclic amines) is 1. The van der Waals surface area contributed by atoms with Crippen molar-refractivity contribution in [2.45, 2.75) is 50.5 Å². The second-order valence-electron chi connectivity index (χ2n) is 11.3. The molecule has 4 heterocycles. The highest BCUT2D eigenvalue weighted by atomic mass is 32.1. The minimum Gasteiger partial charge on any atom is -0.475 e. The first-order valence-electron chi connectivity index (χ1n) is 14.5. The molecule has 2 saturated heterocycles. The number of hydrogen-bond donors (Lipinski definition) is 0. The molecular weight excluding hydrogens is 643 g/mol. The number of hydrogen-bond acceptors (Lipinski definition) is 8. The number of rotatable bonds is 7. The molecule has 3 aliphatic heterocycles. The second-order valence-corrected chi connectivity index (χ2v) is 11.3. The fourth-order valence-electron chi connectivity index (χ4n) is 6.46. The molecule has 0 N–H and O–H groups in total. The van der Waals surface area contributed by atoms with E-state index in [1.165, 1.54) is 23.1 Å². The zero-order chi connectivity index (χ0) is 31.6. The number of ether oxygens (including phenoxy) is 1. The lowest BCUT2D eigenvalue weighted by atomic mass is 9.96. The van der Waals surface area contributed by atoms with Gasteiger partial charge in [0.1, 0.15) is 29.6 Å². The summed E-state index contributed by atoms with van der Waals surface area (Å²) in [6.45, 7) is 5.72. The number of carbonyl (C=O) groups is 1.